The van der Waals surface area contributed by atoms with Crippen LogP contribution in [-0.4, -0.2) is 24.7 Å². The number of carbonyl (C=O) groups is 1. The Morgan fingerprint density at radius 3 is 2.75 bits per heavy atom. The lowest BCUT2D eigenvalue weighted by molar-refractivity contribution is -0.114. The van der Waals surface area contributed by atoms with Crippen LogP contribution in [0.4, 0.5) is 11.4 Å². The summed E-state index contributed by atoms with van der Waals surface area (Å²) in [6.07, 6.45) is 0. The lowest BCUT2D eigenvalue weighted by Crippen LogP contribution is -2.27. The molecule has 1 aromatic heterocycles. The van der Waals surface area contributed by atoms with Crippen molar-refractivity contribution in [2.24, 2.45) is 0 Å². The van der Waals surface area contributed by atoms with E-state index in [9.17, 15) is 4.79 Å². The van der Waals surface area contributed by atoms with Crippen molar-refractivity contribution in [1.82, 2.24) is 5.16 Å². The molecule has 0 fully saturated rings. The lowest BCUT2D eigenvalue weighted by Gasteiger charge is -2.21. The van der Waals surface area contributed by atoms with Crippen molar-refractivity contribution < 1.29 is 14.1 Å². The van der Waals surface area contributed by atoms with Crippen LogP contribution in [0.5, 0.6) is 5.75 Å². The van der Waals surface area contributed by atoms with E-state index in [2.05, 4.69) is 15.8 Å². The molecule has 0 aliphatic carbocycles. The molecule has 3 rings (SSSR count). The van der Waals surface area contributed by atoms with Crippen molar-refractivity contribution in [3.63, 3.8) is 0 Å². The van der Waals surface area contributed by atoms with Crippen LogP contribution in [0.3, 0.4) is 0 Å². The highest BCUT2D eigenvalue weighted by Crippen LogP contribution is 2.40. The van der Waals surface area contributed by atoms with Crippen molar-refractivity contribution >= 4 is 17.3 Å². The molecule has 1 aliphatic heterocycles. The SMILES string of the molecule is COc1cc2c(cc1-c1c(C)noc1C)NCC(=O)N2. The van der Waals surface area contributed by atoms with Gasteiger partial charge in [-0.05, 0) is 19.9 Å². The van der Waals surface area contributed by atoms with Gasteiger partial charge < -0.3 is 19.9 Å². The number of nitrogens with zero attached hydrogens (tertiary/aromatic N) is 1. The molecule has 2 N–H and O–H groups in total. The molecule has 1 aromatic carbocycles. The van der Waals surface area contributed by atoms with Crippen LogP contribution in [0, 0.1) is 13.8 Å². The second-order valence-electron chi connectivity index (χ2n) is 4.70. The predicted octanol–water partition coefficient (Wildman–Crippen LogP) is 2.33. The number of aromatic nitrogens is 1. The summed E-state index contributed by atoms with van der Waals surface area (Å²) in [7, 11) is 1.60. The summed E-state index contributed by atoms with van der Waals surface area (Å²) < 4.78 is 10.6. The van der Waals surface area contributed by atoms with E-state index in [1.807, 2.05) is 19.9 Å². The zero-order valence-corrected chi connectivity index (χ0v) is 11.5. The Hall–Kier alpha value is -2.50. The Morgan fingerprint density at radius 1 is 1.30 bits per heavy atom. The zero-order valence-electron chi connectivity index (χ0n) is 11.5. The number of ether oxygens (including phenoxy) is 1. The molecule has 6 heteroatoms. The molecule has 1 aliphatic rings. The van der Waals surface area contributed by atoms with Gasteiger partial charge in [-0.3, -0.25) is 4.79 Å². The second-order valence-corrected chi connectivity index (χ2v) is 4.70. The van der Waals surface area contributed by atoms with Crippen LogP contribution >= 0.6 is 0 Å². The minimum absolute atomic E-state index is 0.0651. The highest BCUT2D eigenvalue weighted by molar-refractivity contribution is 6.02. The van der Waals surface area contributed by atoms with Crippen LogP contribution in [0.1, 0.15) is 11.5 Å². The van der Waals surface area contributed by atoms with Crippen molar-refractivity contribution in [3.05, 3.63) is 23.6 Å². The maximum atomic E-state index is 11.4. The number of hydrogen-bond acceptors (Lipinski definition) is 5. The predicted molar refractivity (Wildman–Crippen MR) is 75.1 cm³/mol. The largest absolute Gasteiger partial charge is 0.496 e. The average molecular weight is 273 g/mol. The molecule has 0 unspecified atom stereocenters. The first-order chi connectivity index (χ1) is 9.60. The molecule has 0 saturated heterocycles. The van der Waals surface area contributed by atoms with Gasteiger partial charge in [-0.1, -0.05) is 5.16 Å². The van der Waals surface area contributed by atoms with E-state index in [4.69, 9.17) is 9.26 Å². The molecule has 20 heavy (non-hydrogen) atoms. The number of rotatable bonds is 2. The first-order valence-corrected chi connectivity index (χ1v) is 6.29. The Kier molecular flexibility index (Phi) is 2.85. The molecule has 0 saturated carbocycles. The average Bonchev–Trinajstić information content (AvgIpc) is 2.76. The summed E-state index contributed by atoms with van der Waals surface area (Å²) in [5.74, 6) is 1.34. The van der Waals surface area contributed by atoms with Gasteiger partial charge in [0.15, 0.2) is 0 Å². The van der Waals surface area contributed by atoms with Crippen LogP contribution in [-0.2, 0) is 4.79 Å². The van der Waals surface area contributed by atoms with Crippen molar-refractivity contribution in [3.8, 4) is 16.9 Å². The minimum Gasteiger partial charge on any atom is -0.496 e. The number of benzene rings is 1. The third-order valence-electron chi connectivity index (χ3n) is 3.36. The Balaban J connectivity index is 2.19. The molecule has 0 bridgehead atoms. The summed E-state index contributed by atoms with van der Waals surface area (Å²) >= 11 is 0. The van der Waals surface area contributed by atoms with E-state index < -0.39 is 0 Å². The number of fused-ring (bicyclic) bond motifs is 1. The van der Waals surface area contributed by atoms with Crippen LogP contribution < -0.4 is 15.4 Å². The van der Waals surface area contributed by atoms with Gasteiger partial charge in [-0.25, -0.2) is 0 Å². The lowest BCUT2D eigenvalue weighted by atomic mass is 10.0. The highest BCUT2D eigenvalue weighted by Gasteiger charge is 2.21. The highest BCUT2D eigenvalue weighted by atomic mass is 16.5. The van der Waals surface area contributed by atoms with Crippen LogP contribution in [0.2, 0.25) is 0 Å². The number of carbonyl (C=O) groups excluding carboxylic acids is 1. The Labute approximate surface area is 116 Å². The van der Waals surface area contributed by atoms with E-state index in [0.29, 0.717) is 11.4 Å². The van der Waals surface area contributed by atoms with Crippen molar-refractivity contribution in [2.75, 3.05) is 24.3 Å². The van der Waals surface area contributed by atoms with E-state index in [0.717, 1.165) is 28.3 Å². The summed E-state index contributed by atoms with van der Waals surface area (Å²) in [5.41, 5.74) is 4.20. The fourth-order valence-corrected chi connectivity index (χ4v) is 2.43. The first-order valence-electron chi connectivity index (χ1n) is 6.29. The fraction of sp³-hybridized carbons (Fsp3) is 0.286. The second kappa shape index (κ2) is 4.56. The molecule has 2 aromatic rings. The number of aryl methyl sites for hydroxylation is 2. The number of methoxy groups -OCH3 is 1. The molecule has 1 amide bonds. The Morgan fingerprint density at radius 2 is 2.10 bits per heavy atom. The molecule has 0 atom stereocenters. The third-order valence-corrected chi connectivity index (χ3v) is 3.36. The van der Waals surface area contributed by atoms with E-state index in [-0.39, 0.29) is 12.5 Å². The quantitative estimate of drug-likeness (QED) is 0.878. The van der Waals surface area contributed by atoms with Gasteiger partial charge in [-0.2, -0.15) is 0 Å². The molecule has 104 valence electrons. The molecule has 6 nitrogen and oxygen atoms in total. The van der Waals surface area contributed by atoms with Gasteiger partial charge in [0.1, 0.15) is 11.5 Å². The van der Waals surface area contributed by atoms with E-state index in [1.165, 1.54) is 0 Å². The van der Waals surface area contributed by atoms with E-state index in [1.54, 1.807) is 13.2 Å². The molecular formula is C14H15N3O3. The van der Waals surface area contributed by atoms with Gasteiger partial charge in [0.05, 0.1) is 36.3 Å². The number of nitrogens with one attached hydrogen (secondary N) is 2. The summed E-state index contributed by atoms with van der Waals surface area (Å²) in [6.45, 7) is 4.02. The number of anilines is 2. The molecule has 2 heterocycles. The minimum atomic E-state index is -0.0651. The number of amides is 1. The molecule has 0 radical (unpaired) electrons. The normalized spacial score (nSPS) is 13.4. The zero-order chi connectivity index (χ0) is 14.3. The first kappa shape index (κ1) is 12.5. The Bertz CT molecular complexity index is 672. The van der Waals surface area contributed by atoms with Gasteiger partial charge in [-0.15, -0.1) is 0 Å². The van der Waals surface area contributed by atoms with E-state index >= 15 is 0 Å². The monoisotopic (exact) mass is 273 g/mol. The van der Waals surface area contributed by atoms with Crippen LogP contribution in [0.15, 0.2) is 16.7 Å². The van der Waals surface area contributed by atoms with Crippen molar-refractivity contribution in [1.29, 1.82) is 0 Å². The fourth-order valence-electron chi connectivity index (χ4n) is 2.43. The van der Waals surface area contributed by atoms with Gasteiger partial charge in [0.25, 0.3) is 0 Å². The molecular weight excluding hydrogens is 258 g/mol. The van der Waals surface area contributed by atoms with Gasteiger partial charge in [0, 0.05) is 11.6 Å². The van der Waals surface area contributed by atoms with Crippen LogP contribution in [0.25, 0.3) is 11.1 Å². The summed E-state index contributed by atoms with van der Waals surface area (Å²) in [6, 6.07) is 3.75. The summed E-state index contributed by atoms with van der Waals surface area (Å²) in [5, 5.41) is 9.87. The standard InChI is InChI=1S/C14H15N3O3/c1-7-14(8(2)20-17-7)9-4-10-11(5-12(9)19-3)16-13(18)6-15-10/h4-5,15H,6H2,1-3H3,(H,16,18). The molecule has 0 spiro atoms. The maximum absolute atomic E-state index is 11.4. The van der Waals surface area contributed by atoms with Gasteiger partial charge >= 0.3 is 0 Å². The van der Waals surface area contributed by atoms with Gasteiger partial charge in [0.2, 0.25) is 5.91 Å². The topological polar surface area (TPSA) is 76.4 Å². The maximum Gasteiger partial charge on any atom is 0.243 e. The van der Waals surface area contributed by atoms with Crippen molar-refractivity contribution in [2.45, 2.75) is 13.8 Å². The third kappa shape index (κ3) is 1.89. The number of hydrogen-bond donors (Lipinski definition) is 2. The smallest absolute Gasteiger partial charge is 0.243 e. The summed E-state index contributed by atoms with van der Waals surface area (Å²) in [4.78, 5) is 11.4.